The van der Waals surface area contributed by atoms with E-state index in [0.29, 0.717) is 10.5 Å². The quantitative estimate of drug-likeness (QED) is 0.687. The highest BCUT2D eigenvalue weighted by molar-refractivity contribution is 6.33. The summed E-state index contributed by atoms with van der Waals surface area (Å²) in [6.07, 6.45) is 0. The molecule has 0 unspecified atom stereocenters. The molecule has 0 amide bonds. The largest absolute Gasteiger partial charge is 0.506 e. The fourth-order valence-electron chi connectivity index (χ4n) is 1.89. The molecular weight excluding hydrogens is 236 g/mol. The van der Waals surface area contributed by atoms with Gasteiger partial charge in [-0.05, 0) is 12.1 Å². The first-order valence-electron chi connectivity index (χ1n) is 5.18. The maximum atomic E-state index is 9.70. The summed E-state index contributed by atoms with van der Waals surface area (Å²) in [6, 6.07) is 12.8. The van der Waals surface area contributed by atoms with Gasteiger partial charge in [0, 0.05) is 10.9 Å². The lowest BCUT2D eigenvalue weighted by atomic mass is 10.1. The highest BCUT2D eigenvalue weighted by Gasteiger charge is 2.12. The van der Waals surface area contributed by atoms with Crippen molar-refractivity contribution in [3.8, 4) is 17.0 Å². The number of para-hydroxylation sites is 1. The fraction of sp³-hybridized carbons (Fsp3) is 0. The van der Waals surface area contributed by atoms with Crippen molar-refractivity contribution < 1.29 is 5.11 Å². The lowest BCUT2D eigenvalue weighted by Crippen LogP contribution is -1.79. The van der Waals surface area contributed by atoms with Gasteiger partial charge in [-0.3, -0.25) is 5.10 Å². The minimum atomic E-state index is 0.188. The van der Waals surface area contributed by atoms with Gasteiger partial charge in [-0.2, -0.15) is 5.10 Å². The first-order chi connectivity index (χ1) is 8.27. The van der Waals surface area contributed by atoms with E-state index in [4.69, 9.17) is 11.6 Å². The molecule has 0 saturated heterocycles. The van der Waals surface area contributed by atoms with Crippen molar-refractivity contribution in [1.29, 1.82) is 0 Å². The molecule has 3 aromatic rings. The third-order valence-corrected chi connectivity index (χ3v) is 3.04. The lowest BCUT2D eigenvalue weighted by Gasteiger charge is -2.00. The molecule has 0 radical (unpaired) electrons. The SMILES string of the molecule is Oc1cccc2c(-c3ccccc3Cl)n[nH]c12. The topological polar surface area (TPSA) is 48.9 Å². The Morgan fingerprint density at radius 1 is 1.06 bits per heavy atom. The van der Waals surface area contributed by atoms with Crippen molar-refractivity contribution in [3.05, 3.63) is 47.5 Å². The van der Waals surface area contributed by atoms with Gasteiger partial charge >= 0.3 is 0 Å². The second-order valence-electron chi connectivity index (χ2n) is 3.75. The molecule has 2 aromatic carbocycles. The van der Waals surface area contributed by atoms with Gasteiger partial charge < -0.3 is 5.11 Å². The Morgan fingerprint density at radius 2 is 1.88 bits per heavy atom. The van der Waals surface area contributed by atoms with E-state index in [1.807, 2.05) is 30.3 Å². The molecule has 0 aliphatic carbocycles. The van der Waals surface area contributed by atoms with Crippen molar-refractivity contribution in [2.45, 2.75) is 0 Å². The number of hydrogen-bond donors (Lipinski definition) is 2. The third kappa shape index (κ3) is 1.56. The fourth-order valence-corrected chi connectivity index (χ4v) is 2.11. The van der Waals surface area contributed by atoms with E-state index in [-0.39, 0.29) is 5.75 Å². The molecule has 0 bridgehead atoms. The number of aromatic nitrogens is 2. The van der Waals surface area contributed by atoms with Gasteiger partial charge in [0.25, 0.3) is 0 Å². The Hall–Kier alpha value is -2.00. The number of benzene rings is 2. The molecule has 1 aromatic heterocycles. The Morgan fingerprint density at radius 3 is 2.71 bits per heavy atom. The molecule has 2 N–H and O–H groups in total. The number of nitrogens with one attached hydrogen (secondary N) is 1. The van der Waals surface area contributed by atoms with Crippen LogP contribution >= 0.6 is 11.6 Å². The molecule has 84 valence electrons. The molecule has 4 heteroatoms. The molecule has 3 nitrogen and oxygen atoms in total. The van der Waals surface area contributed by atoms with Crippen LogP contribution in [0.1, 0.15) is 0 Å². The van der Waals surface area contributed by atoms with Gasteiger partial charge in [-0.1, -0.05) is 41.9 Å². The standard InChI is InChI=1S/C13H9ClN2O/c14-10-6-2-1-4-8(10)12-9-5-3-7-11(17)13(9)16-15-12/h1-7,17H,(H,15,16). The normalized spacial score (nSPS) is 10.9. The number of phenols is 1. The molecule has 0 atom stereocenters. The van der Waals surface area contributed by atoms with Crippen molar-refractivity contribution >= 4 is 22.5 Å². The minimum Gasteiger partial charge on any atom is -0.506 e. The number of rotatable bonds is 1. The van der Waals surface area contributed by atoms with Crippen LogP contribution in [-0.4, -0.2) is 15.3 Å². The Balaban J connectivity index is 2.33. The van der Waals surface area contributed by atoms with Crippen LogP contribution in [-0.2, 0) is 0 Å². The van der Waals surface area contributed by atoms with Crippen molar-refractivity contribution in [2.24, 2.45) is 0 Å². The van der Waals surface area contributed by atoms with E-state index in [0.717, 1.165) is 16.6 Å². The summed E-state index contributed by atoms with van der Waals surface area (Å²) in [4.78, 5) is 0. The molecule has 1 heterocycles. The molecule has 0 aliphatic heterocycles. The predicted molar refractivity (Wildman–Crippen MR) is 68.2 cm³/mol. The molecule has 0 fully saturated rings. The van der Waals surface area contributed by atoms with Crippen LogP contribution in [0.25, 0.3) is 22.2 Å². The van der Waals surface area contributed by atoms with Crippen molar-refractivity contribution in [2.75, 3.05) is 0 Å². The third-order valence-electron chi connectivity index (χ3n) is 2.71. The zero-order valence-corrected chi connectivity index (χ0v) is 9.57. The zero-order valence-electron chi connectivity index (χ0n) is 8.81. The van der Waals surface area contributed by atoms with Crippen LogP contribution in [0.4, 0.5) is 0 Å². The Bertz CT molecular complexity index is 691. The van der Waals surface area contributed by atoms with Gasteiger partial charge in [-0.25, -0.2) is 0 Å². The van der Waals surface area contributed by atoms with Crippen LogP contribution in [0.15, 0.2) is 42.5 Å². The van der Waals surface area contributed by atoms with Crippen molar-refractivity contribution in [1.82, 2.24) is 10.2 Å². The van der Waals surface area contributed by atoms with E-state index in [2.05, 4.69) is 10.2 Å². The smallest absolute Gasteiger partial charge is 0.141 e. The summed E-state index contributed by atoms with van der Waals surface area (Å²) in [6.45, 7) is 0. The number of aromatic amines is 1. The lowest BCUT2D eigenvalue weighted by molar-refractivity contribution is 0.480. The average molecular weight is 245 g/mol. The predicted octanol–water partition coefficient (Wildman–Crippen LogP) is 3.59. The maximum absolute atomic E-state index is 9.70. The van der Waals surface area contributed by atoms with Crippen molar-refractivity contribution in [3.63, 3.8) is 0 Å². The van der Waals surface area contributed by atoms with E-state index in [9.17, 15) is 5.11 Å². The van der Waals surface area contributed by atoms with Crippen LogP contribution in [0.2, 0.25) is 5.02 Å². The zero-order chi connectivity index (χ0) is 11.8. The summed E-state index contributed by atoms with van der Waals surface area (Å²) in [7, 11) is 0. The van der Waals surface area contributed by atoms with Gasteiger partial charge in [-0.15, -0.1) is 0 Å². The van der Waals surface area contributed by atoms with Gasteiger partial charge in [0.15, 0.2) is 0 Å². The first kappa shape index (κ1) is 10.2. The number of phenolic OH excluding ortho intramolecular Hbond substituents is 1. The maximum Gasteiger partial charge on any atom is 0.141 e. The highest BCUT2D eigenvalue weighted by Crippen LogP contribution is 2.33. The van der Waals surface area contributed by atoms with E-state index >= 15 is 0 Å². The van der Waals surface area contributed by atoms with Crippen LogP contribution in [0.5, 0.6) is 5.75 Å². The summed E-state index contributed by atoms with van der Waals surface area (Å²) in [5.74, 6) is 0.188. The van der Waals surface area contributed by atoms with Gasteiger partial charge in [0.1, 0.15) is 17.0 Å². The highest BCUT2D eigenvalue weighted by atomic mass is 35.5. The Labute approximate surface area is 103 Å². The summed E-state index contributed by atoms with van der Waals surface area (Å²) >= 11 is 6.14. The number of nitrogens with zero attached hydrogens (tertiary/aromatic N) is 1. The summed E-state index contributed by atoms with van der Waals surface area (Å²) in [5, 5.41) is 18.2. The van der Waals surface area contributed by atoms with Gasteiger partial charge in [0.2, 0.25) is 0 Å². The average Bonchev–Trinajstić information content (AvgIpc) is 2.75. The molecular formula is C13H9ClN2O. The van der Waals surface area contributed by atoms with E-state index < -0.39 is 0 Å². The van der Waals surface area contributed by atoms with Crippen LogP contribution in [0.3, 0.4) is 0 Å². The molecule has 17 heavy (non-hydrogen) atoms. The number of halogens is 1. The number of fused-ring (bicyclic) bond motifs is 1. The van der Waals surface area contributed by atoms with Crippen LogP contribution < -0.4 is 0 Å². The number of hydrogen-bond acceptors (Lipinski definition) is 2. The van der Waals surface area contributed by atoms with Crippen LogP contribution in [0, 0.1) is 0 Å². The molecule has 0 spiro atoms. The molecule has 0 aliphatic rings. The summed E-state index contributed by atoms with van der Waals surface area (Å²) < 4.78 is 0. The second kappa shape index (κ2) is 3.79. The van der Waals surface area contributed by atoms with Gasteiger partial charge in [0.05, 0.1) is 5.02 Å². The monoisotopic (exact) mass is 244 g/mol. The number of H-pyrrole nitrogens is 1. The van der Waals surface area contributed by atoms with E-state index in [1.165, 1.54) is 0 Å². The molecule has 0 saturated carbocycles. The number of aromatic hydroxyl groups is 1. The molecule has 3 rings (SSSR count). The Kier molecular flexibility index (Phi) is 2.27. The first-order valence-corrected chi connectivity index (χ1v) is 5.56. The van der Waals surface area contributed by atoms with E-state index in [1.54, 1.807) is 12.1 Å². The minimum absolute atomic E-state index is 0.188. The second-order valence-corrected chi connectivity index (χ2v) is 4.16. The summed E-state index contributed by atoms with van der Waals surface area (Å²) in [5.41, 5.74) is 2.23.